The fraction of sp³-hybridized carbons (Fsp3) is 0.500. The second-order valence-corrected chi connectivity index (χ2v) is 9.08. The lowest BCUT2D eigenvalue weighted by molar-refractivity contribution is -0.142. The van der Waals surface area contributed by atoms with E-state index in [1.807, 2.05) is 4.90 Å². The lowest BCUT2D eigenvalue weighted by atomic mass is 10.1. The Morgan fingerprint density at radius 1 is 1.09 bits per heavy atom. The first kappa shape index (κ1) is 24.3. The third kappa shape index (κ3) is 4.45. The Labute approximate surface area is 197 Å². The molecule has 1 saturated heterocycles. The number of halogens is 5. The van der Waals surface area contributed by atoms with E-state index in [2.05, 4.69) is 4.98 Å². The zero-order valence-corrected chi connectivity index (χ0v) is 19.5. The molecule has 1 aliphatic rings. The highest BCUT2D eigenvalue weighted by Gasteiger charge is 2.33. The zero-order chi connectivity index (χ0) is 24.8. The van der Waals surface area contributed by atoms with Gasteiger partial charge in [-0.3, -0.25) is 13.9 Å². The van der Waals surface area contributed by atoms with Gasteiger partial charge in [0.15, 0.2) is 11.2 Å². The van der Waals surface area contributed by atoms with Crippen molar-refractivity contribution in [3.8, 4) is 0 Å². The molecule has 1 fully saturated rings. The number of rotatable bonds is 5. The number of hydrogen-bond acceptors (Lipinski definition) is 4. The van der Waals surface area contributed by atoms with Crippen LogP contribution in [-0.2, 0) is 13.1 Å². The molecule has 184 valence electrons. The summed E-state index contributed by atoms with van der Waals surface area (Å²) < 4.78 is 57.1. The van der Waals surface area contributed by atoms with Crippen LogP contribution >= 0.6 is 11.6 Å². The summed E-state index contributed by atoms with van der Waals surface area (Å²) in [7, 11) is 0. The number of piperidine rings is 1. The molecule has 4 rings (SSSR count). The number of anilines is 1. The minimum atomic E-state index is -4.79. The van der Waals surface area contributed by atoms with Gasteiger partial charge in [-0.1, -0.05) is 17.7 Å². The number of nitrogens with zero attached hydrogens (tertiary/aromatic N) is 5. The predicted octanol–water partition coefficient (Wildman–Crippen LogP) is 4.33. The molecule has 3 heterocycles. The monoisotopic (exact) mass is 501 g/mol. The Morgan fingerprint density at radius 2 is 1.76 bits per heavy atom. The summed E-state index contributed by atoms with van der Waals surface area (Å²) in [6.07, 6.45) is -2.07. The van der Waals surface area contributed by atoms with Crippen LogP contribution in [0.25, 0.3) is 11.2 Å². The van der Waals surface area contributed by atoms with E-state index in [-0.39, 0.29) is 32.9 Å². The first-order valence-corrected chi connectivity index (χ1v) is 11.4. The molecule has 0 aliphatic carbocycles. The Bertz CT molecular complexity index is 1320. The molecule has 1 aliphatic heterocycles. The Hall–Kier alpha value is -2.82. The van der Waals surface area contributed by atoms with Gasteiger partial charge in [-0.25, -0.2) is 13.8 Å². The number of imidazole rings is 1. The van der Waals surface area contributed by atoms with Crippen molar-refractivity contribution in [3.05, 3.63) is 55.4 Å². The molecule has 3 aromatic rings. The summed E-state index contributed by atoms with van der Waals surface area (Å²) in [4.78, 5) is 32.8. The van der Waals surface area contributed by atoms with E-state index in [0.717, 1.165) is 23.8 Å². The summed E-state index contributed by atoms with van der Waals surface area (Å²) in [6.45, 7) is 2.49. The molecule has 0 spiro atoms. The van der Waals surface area contributed by atoms with Gasteiger partial charge in [-0.15, -0.1) is 0 Å². The van der Waals surface area contributed by atoms with Crippen molar-refractivity contribution in [2.75, 3.05) is 18.0 Å². The lowest BCUT2D eigenvalue weighted by Crippen LogP contribution is -2.44. The summed E-state index contributed by atoms with van der Waals surface area (Å²) in [6, 6.07) is 3.56. The normalized spacial score (nSPS) is 15.0. The Balaban J connectivity index is 2.07. The van der Waals surface area contributed by atoms with E-state index in [1.165, 1.54) is 22.8 Å². The molecule has 2 aromatic heterocycles. The minimum absolute atomic E-state index is 0.0311. The summed E-state index contributed by atoms with van der Waals surface area (Å²) in [5.41, 5.74) is -2.37. The molecule has 0 amide bonds. The lowest BCUT2D eigenvalue weighted by Gasteiger charge is -2.28. The molecule has 1 aromatic carbocycles. The molecule has 0 atom stereocenters. The SMILES string of the molecule is CC(C)n1c(=O)n(CC(F)(F)F)c(=O)c2c1nc(N1CCCCC1)n2Cc1c(F)cccc1Cl. The first-order valence-electron chi connectivity index (χ1n) is 11.0. The van der Waals surface area contributed by atoms with E-state index in [4.69, 9.17) is 11.6 Å². The molecule has 12 heteroatoms. The standard InChI is InChI=1S/C22H24ClF4N5O2/c1-13(2)32-18-17(19(33)31(21(32)34)12-22(25,26)27)30(11-14-15(23)7-6-8-16(14)24)20(28-18)29-9-4-3-5-10-29/h6-8,13H,3-5,9-12H2,1-2H3. The fourth-order valence-corrected chi connectivity index (χ4v) is 4.58. The molecule has 0 bridgehead atoms. The van der Waals surface area contributed by atoms with Crippen LogP contribution < -0.4 is 16.1 Å². The average molecular weight is 502 g/mol. The molecule has 34 heavy (non-hydrogen) atoms. The summed E-state index contributed by atoms with van der Waals surface area (Å²) in [5, 5.41) is 0.110. The van der Waals surface area contributed by atoms with Crippen LogP contribution in [0.5, 0.6) is 0 Å². The topological polar surface area (TPSA) is 65.1 Å². The van der Waals surface area contributed by atoms with Crippen LogP contribution in [0, 0.1) is 5.82 Å². The van der Waals surface area contributed by atoms with E-state index in [1.54, 1.807) is 13.8 Å². The maximum atomic E-state index is 14.7. The third-order valence-electron chi connectivity index (χ3n) is 5.91. The molecule has 0 radical (unpaired) electrons. The van der Waals surface area contributed by atoms with E-state index >= 15 is 0 Å². The molecule has 0 N–H and O–H groups in total. The second-order valence-electron chi connectivity index (χ2n) is 8.67. The Kier molecular flexibility index (Phi) is 6.50. The maximum absolute atomic E-state index is 14.7. The van der Waals surface area contributed by atoms with Crippen molar-refractivity contribution in [1.29, 1.82) is 0 Å². The number of hydrogen-bond donors (Lipinski definition) is 0. The van der Waals surface area contributed by atoms with E-state index < -0.39 is 35.8 Å². The van der Waals surface area contributed by atoms with Crippen LogP contribution in [0.3, 0.4) is 0 Å². The van der Waals surface area contributed by atoms with Gasteiger partial charge >= 0.3 is 11.9 Å². The molecule has 0 unspecified atom stereocenters. The minimum Gasteiger partial charge on any atom is -0.342 e. The predicted molar refractivity (Wildman–Crippen MR) is 121 cm³/mol. The highest BCUT2D eigenvalue weighted by atomic mass is 35.5. The average Bonchev–Trinajstić information content (AvgIpc) is 3.12. The van der Waals surface area contributed by atoms with Crippen molar-refractivity contribution in [1.82, 2.24) is 18.7 Å². The smallest absolute Gasteiger partial charge is 0.342 e. The van der Waals surface area contributed by atoms with Crippen molar-refractivity contribution < 1.29 is 17.6 Å². The number of aromatic nitrogens is 4. The molecule has 0 saturated carbocycles. The van der Waals surface area contributed by atoms with Crippen LogP contribution in [0.2, 0.25) is 5.02 Å². The van der Waals surface area contributed by atoms with Crippen molar-refractivity contribution in [3.63, 3.8) is 0 Å². The van der Waals surface area contributed by atoms with Gasteiger partial charge in [-0.05, 0) is 45.2 Å². The van der Waals surface area contributed by atoms with Gasteiger partial charge in [0.25, 0.3) is 5.56 Å². The van der Waals surface area contributed by atoms with E-state index in [0.29, 0.717) is 19.0 Å². The van der Waals surface area contributed by atoms with Crippen molar-refractivity contribution in [2.45, 2.75) is 58.4 Å². The van der Waals surface area contributed by atoms with E-state index in [9.17, 15) is 27.2 Å². The highest BCUT2D eigenvalue weighted by molar-refractivity contribution is 6.31. The van der Waals surface area contributed by atoms with Crippen LogP contribution in [0.15, 0.2) is 27.8 Å². The highest BCUT2D eigenvalue weighted by Crippen LogP contribution is 2.28. The van der Waals surface area contributed by atoms with Gasteiger partial charge in [0, 0.05) is 29.7 Å². The first-order chi connectivity index (χ1) is 16.0. The molecular weight excluding hydrogens is 478 g/mol. The number of fused-ring (bicyclic) bond motifs is 1. The fourth-order valence-electron chi connectivity index (χ4n) is 4.35. The Morgan fingerprint density at radius 3 is 2.35 bits per heavy atom. The van der Waals surface area contributed by atoms with Gasteiger partial charge in [0.05, 0.1) is 6.54 Å². The summed E-state index contributed by atoms with van der Waals surface area (Å²) in [5.74, 6) is -0.323. The van der Waals surface area contributed by atoms with Crippen LogP contribution in [-0.4, -0.2) is 38.0 Å². The van der Waals surface area contributed by atoms with Gasteiger partial charge in [0.1, 0.15) is 12.4 Å². The molecular formula is C22H24ClF4N5O2. The van der Waals surface area contributed by atoms with Crippen LogP contribution in [0.4, 0.5) is 23.5 Å². The number of benzene rings is 1. The van der Waals surface area contributed by atoms with Crippen molar-refractivity contribution >= 4 is 28.7 Å². The third-order valence-corrected chi connectivity index (χ3v) is 6.27. The number of alkyl halides is 3. The van der Waals surface area contributed by atoms with Gasteiger partial charge in [0.2, 0.25) is 5.95 Å². The molecule has 7 nitrogen and oxygen atoms in total. The second kappa shape index (κ2) is 9.09. The van der Waals surface area contributed by atoms with Crippen molar-refractivity contribution in [2.24, 2.45) is 0 Å². The van der Waals surface area contributed by atoms with Crippen LogP contribution in [0.1, 0.15) is 44.7 Å². The quantitative estimate of drug-likeness (QED) is 0.488. The van der Waals surface area contributed by atoms with Gasteiger partial charge < -0.3 is 4.90 Å². The zero-order valence-electron chi connectivity index (χ0n) is 18.7. The summed E-state index contributed by atoms with van der Waals surface area (Å²) >= 11 is 6.23. The van der Waals surface area contributed by atoms with Gasteiger partial charge in [-0.2, -0.15) is 18.2 Å². The maximum Gasteiger partial charge on any atom is 0.406 e. The largest absolute Gasteiger partial charge is 0.406 e.